The molecule has 1 aliphatic rings. The van der Waals surface area contributed by atoms with Crippen LogP contribution in [0.15, 0.2) is 53.2 Å². The fourth-order valence-electron chi connectivity index (χ4n) is 3.58. The molecule has 28 heavy (non-hydrogen) atoms. The van der Waals surface area contributed by atoms with Crippen molar-refractivity contribution in [2.75, 3.05) is 23.7 Å². The Hall–Kier alpha value is -2.48. The topological polar surface area (TPSA) is 61.4 Å². The van der Waals surface area contributed by atoms with E-state index in [1.165, 1.54) is 22.2 Å². The van der Waals surface area contributed by atoms with Crippen molar-refractivity contribution in [3.63, 3.8) is 0 Å². The molecule has 2 amide bonds. The molecule has 3 aromatic rings. The second kappa shape index (κ2) is 8.26. The first-order valence-electron chi connectivity index (χ1n) is 9.11. The zero-order valence-corrected chi connectivity index (χ0v) is 17.1. The zero-order valence-electron chi connectivity index (χ0n) is 15.5. The molecule has 0 spiro atoms. The average Bonchev–Trinajstić information content (AvgIpc) is 3.33. The highest BCUT2D eigenvalue weighted by molar-refractivity contribution is 7.10. The van der Waals surface area contributed by atoms with Crippen LogP contribution in [0.4, 0.5) is 11.4 Å². The van der Waals surface area contributed by atoms with Crippen LogP contribution in [0.1, 0.15) is 28.3 Å². The maximum Gasteiger partial charge on any atom is 0.238 e. The van der Waals surface area contributed by atoms with E-state index in [1.807, 2.05) is 12.1 Å². The van der Waals surface area contributed by atoms with Crippen LogP contribution in [0.5, 0.6) is 0 Å². The maximum atomic E-state index is 12.7. The van der Waals surface area contributed by atoms with E-state index in [9.17, 15) is 9.59 Å². The minimum Gasteiger partial charge on any atom is -0.326 e. The first-order valence-corrected chi connectivity index (χ1v) is 10.9. The van der Waals surface area contributed by atoms with Crippen molar-refractivity contribution in [1.29, 1.82) is 0 Å². The molecule has 1 atom stereocenters. The number of thiophene rings is 2. The monoisotopic (exact) mass is 411 g/mol. The predicted molar refractivity (Wildman–Crippen MR) is 115 cm³/mol. The summed E-state index contributed by atoms with van der Waals surface area (Å²) in [6, 6.07) is 13.7. The van der Waals surface area contributed by atoms with Crippen molar-refractivity contribution in [2.45, 2.75) is 19.4 Å². The Bertz CT molecular complexity index is 981. The minimum absolute atomic E-state index is 0.0554. The number of nitrogens with zero attached hydrogens (tertiary/aromatic N) is 1. The Morgan fingerprint density at radius 3 is 2.64 bits per heavy atom. The lowest BCUT2D eigenvalue weighted by molar-refractivity contribution is -0.117. The smallest absolute Gasteiger partial charge is 0.238 e. The van der Waals surface area contributed by atoms with Crippen LogP contribution in [0.2, 0.25) is 0 Å². The van der Waals surface area contributed by atoms with E-state index in [1.54, 1.807) is 34.8 Å². The van der Waals surface area contributed by atoms with Gasteiger partial charge in [0.05, 0.1) is 12.6 Å². The molecule has 1 aromatic carbocycles. The van der Waals surface area contributed by atoms with Gasteiger partial charge in [-0.3, -0.25) is 14.5 Å². The van der Waals surface area contributed by atoms with Gasteiger partial charge in [-0.15, -0.1) is 22.7 Å². The van der Waals surface area contributed by atoms with E-state index in [-0.39, 0.29) is 17.9 Å². The number of hydrogen-bond acceptors (Lipinski definition) is 5. The number of rotatable bonds is 5. The molecule has 3 heterocycles. The van der Waals surface area contributed by atoms with Gasteiger partial charge >= 0.3 is 0 Å². The first-order chi connectivity index (χ1) is 13.6. The molecule has 0 fully saturated rings. The normalized spacial score (nSPS) is 16.4. The second-order valence-electron chi connectivity index (χ2n) is 6.75. The Morgan fingerprint density at radius 1 is 1.07 bits per heavy atom. The van der Waals surface area contributed by atoms with Gasteiger partial charge in [0, 0.05) is 34.6 Å². The molecule has 5 nitrogen and oxygen atoms in total. The molecule has 2 aromatic heterocycles. The highest BCUT2D eigenvalue weighted by Gasteiger charge is 2.31. The predicted octanol–water partition coefficient (Wildman–Crippen LogP) is 4.35. The summed E-state index contributed by atoms with van der Waals surface area (Å²) < 4.78 is 0. The third-order valence-corrected chi connectivity index (χ3v) is 6.61. The quantitative estimate of drug-likeness (QED) is 0.656. The average molecular weight is 412 g/mol. The molecule has 0 saturated carbocycles. The van der Waals surface area contributed by atoms with Crippen LogP contribution < -0.4 is 10.6 Å². The number of carbonyl (C=O) groups excluding carboxylic acids is 2. The van der Waals surface area contributed by atoms with E-state index in [0.717, 1.165) is 13.0 Å². The number of hydrogen-bond donors (Lipinski definition) is 2. The molecular weight excluding hydrogens is 390 g/mol. The van der Waals surface area contributed by atoms with E-state index in [4.69, 9.17) is 0 Å². The van der Waals surface area contributed by atoms with Crippen molar-refractivity contribution in [2.24, 2.45) is 0 Å². The Labute approximate surface area is 172 Å². The summed E-state index contributed by atoms with van der Waals surface area (Å²) in [6.45, 7) is 2.64. The van der Waals surface area contributed by atoms with E-state index >= 15 is 0 Å². The number of amides is 2. The second-order valence-corrected chi connectivity index (χ2v) is 8.73. The van der Waals surface area contributed by atoms with E-state index in [0.29, 0.717) is 17.9 Å². The van der Waals surface area contributed by atoms with Crippen LogP contribution in [0, 0.1) is 0 Å². The number of anilines is 2. The number of carbonyl (C=O) groups is 2. The van der Waals surface area contributed by atoms with Gasteiger partial charge in [-0.2, -0.15) is 0 Å². The third-order valence-electron chi connectivity index (χ3n) is 4.69. The van der Waals surface area contributed by atoms with Gasteiger partial charge in [-0.05, 0) is 53.1 Å². The van der Waals surface area contributed by atoms with Crippen LogP contribution in [-0.4, -0.2) is 29.8 Å². The van der Waals surface area contributed by atoms with Crippen molar-refractivity contribution in [3.05, 3.63) is 68.5 Å². The zero-order chi connectivity index (χ0) is 19.5. The molecule has 0 unspecified atom stereocenters. The van der Waals surface area contributed by atoms with Crippen molar-refractivity contribution < 1.29 is 9.59 Å². The van der Waals surface area contributed by atoms with Crippen LogP contribution in [0.25, 0.3) is 0 Å². The van der Waals surface area contributed by atoms with Gasteiger partial charge in [0.1, 0.15) is 0 Å². The SMILES string of the molecule is CC(=O)Nc1cccc(NC(=O)CN2CCc3sccc3[C@@H]2c2cccs2)c1. The van der Waals surface area contributed by atoms with Crippen LogP contribution in [-0.2, 0) is 16.0 Å². The molecule has 0 saturated heterocycles. The fraction of sp³-hybridized carbons (Fsp3) is 0.238. The van der Waals surface area contributed by atoms with Gasteiger partial charge < -0.3 is 10.6 Å². The Morgan fingerprint density at radius 2 is 1.89 bits per heavy atom. The number of fused-ring (bicyclic) bond motifs is 1. The van der Waals surface area contributed by atoms with Gasteiger partial charge in [0.15, 0.2) is 0 Å². The van der Waals surface area contributed by atoms with Gasteiger partial charge in [-0.25, -0.2) is 0 Å². The lowest BCUT2D eigenvalue weighted by atomic mass is 9.98. The Balaban J connectivity index is 1.49. The summed E-state index contributed by atoms with van der Waals surface area (Å²) in [5, 5.41) is 9.92. The summed E-state index contributed by atoms with van der Waals surface area (Å²) in [5.41, 5.74) is 2.67. The van der Waals surface area contributed by atoms with E-state index < -0.39 is 0 Å². The summed E-state index contributed by atoms with van der Waals surface area (Å²) in [5.74, 6) is -0.192. The van der Waals surface area contributed by atoms with Crippen molar-refractivity contribution >= 4 is 45.9 Å². The molecule has 144 valence electrons. The molecule has 4 rings (SSSR count). The van der Waals surface area contributed by atoms with Crippen molar-refractivity contribution in [3.8, 4) is 0 Å². The standard InChI is InChI=1S/C21H21N3O2S2/c1-14(25)22-15-4-2-5-16(12-15)23-20(26)13-24-9-7-18-17(8-11-28-18)21(24)19-6-3-10-27-19/h2-6,8,10-12,21H,7,9,13H2,1H3,(H,22,25)(H,23,26)/t21-/m1/s1. The molecule has 0 bridgehead atoms. The Kier molecular flexibility index (Phi) is 5.57. The van der Waals surface area contributed by atoms with Crippen LogP contribution >= 0.6 is 22.7 Å². The summed E-state index contributed by atoms with van der Waals surface area (Å²) >= 11 is 3.53. The number of benzene rings is 1. The van der Waals surface area contributed by atoms with Gasteiger partial charge in [0.25, 0.3) is 0 Å². The summed E-state index contributed by atoms with van der Waals surface area (Å²) in [6.07, 6.45) is 0.972. The largest absolute Gasteiger partial charge is 0.326 e. The van der Waals surface area contributed by atoms with Gasteiger partial charge in [-0.1, -0.05) is 12.1 Å². The molecule has 1 aliphatic heterocycles. The molecule has 0 aliphatic carbocycles. The fourth-order valence-corrected chi connectivity index (χ4v) is 5.36. The molecule has 2 N–H and O–H groups in total. The highest BCUT2D eigenvalue weighted by Crippen LogP contribution is 2.39. The van der Waals surface area contributed by atoms with Crippen molar-refractivity contribution in [1.82, 2.24) is 4.90 Å². The highest BCUT2D eigenvalue weighted by atomic mass is 32.1. The lowest BCUT2D eigenvalue weighted by Gasteiger charge is -2.34. The lowest BCUT2D eigenvalue weighted by Crippen LogP contribution is -2.40. The molecular formula is C21H21N3O2S2. The van der Waals surface area contributed by atoms with Gasteiger partial charge in [0.2, 0.25) is 11.8 Å². The van der Waals surface area contributed by atoms with E-state index in [2.05, 4.69) is 44.5 Å². The van der Waals surface area contributed by atoms with Crippen LogP contribution in [0.3, 0.4) is 0 Å². The molecule has 7 heteroatoms. The minimum atomic E-state index is -0.137. The summed E-state index contributed by atoms with van der Waals surface area (Å²) in [7, 11) is 0. The third kappa shape index (κ3) is 4.16. The maximum absolute atomic E-state index is 12.7. The first kappa shape index (κ1) is 18.9. The summed E-state index contributed by atoms with van der Waals surface area (Å²) in [4.78, 5) is 28.9. The molecule has 0 radical (unpaired) electrons. The number of nitrogens with one attached hydrogen (secondary N) is 2.